The Kier molecular flexibility index (Phi) is 5.09. The Morgan fingerprint density at radius 1 is 1.40 bits per heavy atom. The van der Waals surface area contributed by atoms with Gasteiger partial charge in [0.1, 0.15) is 0 Å². The van der Waals surface area contributed by atoms with Crippen LogP contribution < -0.4 is 0 Å². The van der Waals surface area contributed by atoms with Crippen molar-refractivity contribution < 1.29 is 0 Å². The van der Waals surface area contributed by atoms with Crippen molar-refractivity contribution in [2.75, 3.05) is 13.6 Å². The van der Waals surface area contributed by atoms with E-state index in [2.05, 4.69) is 38.8 Å². The number of rotatable bonds is 4. The van der Waals surface area contributed by atoms with Gasteiger partial charge in [-0.25, -0.2) is 0 Å². The molecule has 1 heteroatoms. The minimum Gasteiger partial charge on any atom is -0.378 e. The van der Waals surface area contributed by atoms with E-state index < -0.39 is 0 Å². The molecule has 0 aromatic rings. The highest BCUT2D eigenvalue weighted by atomic mass is 15.1. The minimum absolute atomic E-state index is 1.14. The molecular formula is C9H19N. The van der Waals surface area contributed by atoms with Crippen LogP contribution in [0.2, 0.25) is 0 Å². The van der Waals surface area contributed by atoms with Crippen molar-refractivity contribution in [1.82, 2.24) is 4.90 Å². The second-order valence-corrected chi connectivity index (χ2v) is 2.68. The third kappa shape index (κ3) is 3.54. The van der Waals surface area contributed by atoms with Crippen LogP contribution in [-0.2, 0) is 0 Å². The quantitative estimate of drug-likeness (QED) is 0.581. The summed E-state index contributed by atoms with van der Waals surface area (Å²) in [5.41, 5.74) is 1.39. The number of hydrogen-bond donors (Lipinski definition) is 0. The summed E-state index contributed by atoms with van der Waals surface area (Å²) in [5.74, 6) is 0. The summed E-state index contributed by atoms with van der Waals surface area (Å²) in [5, 5.41) is 0. The molecule has 0 radical (unpaired) electrons. The van der Waals surface area contributed by atoms with Gasteiger partial charge in [0.2, 0.25) is 0 Å². The van der Waals surface area contributed by atoms with Gasteiger partial charge in [-0.2, -0.15) is 0 Å². The molecule has 0 fully saturated rings. The van der Waals surface area contributed by atoms with Crippen molar-refractivity contribution in [2.45, 2.75) is 33.6 Å². The van der Waals surface area contributed by atoms with Gasteiger partial charge < -0.3 is 4.90 Å². The summed E-state index contributed by atoms with van der Waals surface area (Å²) in [6.45, 7) is 7.71. The molecule has 0 aliphatic heterocycles. The van der Waals surface area contributed by atoms with Crippen LogP contribution in [0, 0.1) is 0 Å². The Labute approximate surface area is 64.7 Å². The summed E-state index contributed by atoms with van der Waals surface area (Å²) >= 11 is 0. The average molecular weight is 141 g/mol. The first kappa shape index (κ1) is 9.54. The van der Waals surface area contributed by atoms with Crippen molar-refractivity contribution in [3.8, 4) is 0 Å². The molecular weight excluding hydrogens is 122 g/mol. The topological polar surface area (TPSA) is 3.24 Å². The van der Waals surface area contributed by atoms with Gasteiger partial charge in [-0.1, -0.05) is 19.9 Å². The molecule has 0 heterocycles. The highest BCUT2D eigenvalue weighted by Crippen LogP contribution is 2.01. The van der Waals surface area contributed by atoms with Crippen LogP contribution in [0.1, 0.15) is 33.6 Å². The number of allylic oxidation sites excluding steroid dienone is 2. The van der Waals surface area contributed by atoms with E-state index in [0.717, 1.165) is 6.42 Å². The first-order valence-corrected chi connectivity index (χ1v) is 4.10. The third-order valence-electron chi connectivity index (χ3n) is 1.66. The van der Waals surface area contributed by atoms with E-state index in [0.29, 0.717) is 0 Å². The molecule has 0 unspecified atom stereocenters. The Balaban J connectivity index is 3.69. The lowest BCUT2D eigenvalue weighted by Gasteiger charge is -2.18. The smallest absolute Gasteiger partial charge is 0.0168 e. The van der Waals surface area contributed by atoms with Gasteiger partial charge in [0.15, 0.2) is 0 Å². The molecule has 0 saturated heterocycles. The molecule has 60 valence electrons. The highest BCUT2D eigenvalue weighted by molar-refractivity contribution is 4.95. The van der Waals surface area contributed by atoms with Crippen LogP contribution in [0.5, 0.6) is 0 Å². The molecule has 0 amide bonds. The molecule has 0 atom stereocenters. The van der Waals surface area contributed by atoms with Gasteiger partial charge >= 0.3 is 0 Å². The summed E-state index contributed by atoms with van der Waals surface area (Å²) in [4.78, 5) is 2.30. The van der Waals surface area contributed by atoms with Crippen molar-refractivity contribution >= 4 is 0 Å². The molecule has 0 rings (SSSR count). The van der Waals surface area contributed by atoms with E-state index in [9.17, 15) is 0 Å². The van der Waals surface area contributed by atoms with E-state index in [1.54, 1.807) is 0 Å². The zero-order chi connectivity index (χ0) is 7.98. The fourth-order valence-corrected chi connectivity index (χ4v) is 0.963. The molecule has 10 heavy (non-hydrogen) atoms. The Hall–Kier alpha value is -0.460. The predicted octanol–water partition coefficient (Wildman–Crippen LogP) is 2.64. The van der Waals surface area contributed by atoms with Crippen molar-refractivity contribution in [3.63, 3.8) is 0 Å². The molecule has 0 N–H and O–H groups in total. The second kappa shape index (κ2) is 5.33. The SMILES string of the molecule is CC/C=C(/C)N(C)CCC. The summed E-state index contributed by atoms with van der Waals surface area (Å²) in [7, 11) is 2.14. The van der Waals surface area contributed by atoms with Crippen molar-refractivity contribution in [2.24, 2.45) is 0 Å². The molecule has 0 aromatic heterocycles. The maximum atomic E-state index is 2.30. The van der Waals surface area contributed by atoms with Gasteiger partial charge in [0.05, 0.1) is 0 Å². The summed E-state index contributed by atoms with van der Waals surface area (Å²) in [6, 6.07) is 0. The van der Waals surface area contributed by atoms with Gasteiger partial charge in [0, 0.05) is 19.3 Å². The average Bonchev–Trinajstić information content (AvgIpc) is 1.89. The molecule has 0 aromatic carbocycles. The minimum atomic E-state index is 1.14. The second-order valence-electron chi connectivity index (χ2n) is 2.68. The zero-order valence-corrected chi connectivity index (χ0v) is 7.65. The van der Waals surface area contributed by atoms with Crippen LogP contribution in [0.3, 0.4) is 0 Å². The zero-order valence-electron chi connectivity index (χ0n) is 7.65. The van der Waals surface area contributed by atoms with E-state index >= 15 is 0 Å². The van der Waals surface area contributed by atoms with Gasteiger partial charge in [0.25, 0.3) is 0 Å². The first-order chi connectivity index (χ1) is 4.72. The lowest BCUT2D eigenvalue weighted by atomic mass is 10.3. The maximum Gasteiger partial charge on any atom is 0.0168 e. The summed E-state index contributed by atoms with van der Waals surface area (Å²) < 4.78 is 0. The number of hydrogen-bond acceptors (Lipinski definition) is 1. The molecule has 0 saturated carbocycles. The Morgan fingerprint density at radius 2 is 2.00 bits per heavy atom. The van der Waals surface area contributed by atoms with Gasteiger partial charge in [-0.3, -0.25) is 0 Å². The third-order valence-corrected chi connectivity index (χ3v) is 1.66. The lowest BCUT2D eigenvalue weighted by molar-refractivity contribution is 0.416. The molecule has 0 aliphatic rings. The van der Waals surface area contributed by atoms with Crippen LogP contribution in [0.15, 0.2) is 11.8 Å². The normalized spacial score (nSPS) is 11.8. The molecule has 0 spiro atoms. The van der Waals surface area contributed by atoms with Crippen molar-refractivity contribution in [3.05, 3.63) is 11.8 Å². The maximum absolute atomic E-state index is 2.30. The fourth-order valence-electron chi connectivity index (χ4n) is 0.963. The Morgan fingerprint density at radius 3 is 2.40 bits per heavy atom. The lowest BCUT2D eigenvalue weighted by Crippen LogP contribution is -2.16. The van der Waals surface area contributed by atoms with E-state index in [-0.39, 0.29) is 0 Å². The monoisotopic (exact) mass is 141 g/mol. The van der Waals surface area contributed by atoms with Crippen LogP contribution in [0.4, 0.5) is 0 Å². The largest absolute Gasteiger partial charge is 0.378 e. The van der Waals surface area contributed by atoms with E-state index in [4.69, 9.17) is 0 Å². The van der Waals surface area contributed by atoms with Gasteiger partial charge in [-0.15, -0.1) is 0 Å². The van der Waals surface area contributed by atoms with Crippen LogP contribution in [0.25, 0.3) is 0 Å². The van der Waals surface area contributed by atoms with Crippen molar-refractivity contribution in [1.29, 1.82) is 0 Å². The summed E-state index contributed by atoms with van der Waals surface area (Å²) in [6.07, 6.45) is 4.63. The standard InChI is InChI=1S/C9H19N/c1-5-7-9(3)10(4)8-6-2/h7H,5-6,8H2,1-4H3/b9-7-. The van der Waals surface area contributed by atoms with E-state index in [1.165, 1.54) is 18.7 Å². The van der Waals surface area contributed by atoms with Gasteiger partial charge in [-0.05, 0) is 19.8 Å². The Bertz CT molecular complexity index is 105. The first-order valence-electron chi connectivity index (χ1n) is 4.10. The van der Waals surface area contributed by atoms with Crippen LogP contribution in [-0.4, -0.2) is 18.5 Å². The molecule has 1 nitrogen and oxygen atoms in total. The molecule has 0 aliphatic carbocycles. The highest BCUT2D eigenvalue weighted by Gasteiger charge is 1.93. The molecule has 0 bridgehead atoms. The van der Waals surface area contributed by atoms with E-state index in [1.807, 2.05) is 0 Å². The predicted molar refractivity (Wildman–Crippen MR) is 47.0 cm³/mol. The van der Waals surface area contributed by atoms with Crippen LogP contribution >= 0.6 is 0 Å². The number of nitrogens with zero attached hydrogens (tertiary/aromatic N) is 1. The fraction of sp³-hybridized carbons (Fsp3) is 0.778.